The number of thiocarbonyl (C=S) groups is 1. The fraction of sp³-hybridized carbons (Fsp3) is 0.105. The van der Waals surface area contributed by atoms with Gasteiger partial charge in [-0.05, 0) is 43.8 Å². The molecular weight excluding hydrogens is 334 g/mol. The maximum atomic E-state index is 12.4. The lowest BCUT2D eigenvalue weighted by Crippen LogP contribution is -2.25. The lowest BCUT2D eigenvalue weighted by atomic mass is 10.1. The molecule has 0 aromatic heterocycles. The Labute approximate surface area is 151 Å². The lowest BCUT2D eigenvalue weighted by Gasteiger charge is -2.09. The minimum atomic E-state index is -0.242. The molecule has 5 nitrogen and oxygen atoms in total. The highest BCUT2D eigenvalue weighted by molar-refractivity contribution is 7.80. The molecule has 0 atom stereocenters. The van der Waals surface area contributed by atoms with Gasteiger partial charge in [-0.1, -0.05) is 36.4 Å². The van der Waals surface area contributed by atoms with Gasteiger partial charge in [-0.25, -0.2) is 0 Å². The molecule has 25 heavy (non-hydrogen) atoms. The van der Waals surface area contributed by atoms with Crippen LogP contribution in [0, 0.1) is 6.92 Å². The molecule has 3 rings (SSSR count). The minimum absolute atomic E-state index is 0.0544. The number of hydrogen-bond acceptors (Lipinski definition) is 4. The van der Waals surface area contributed by atoms with E-state index >= 15 is 0 Å². The zero-order valence-electron chi connectivity index (χ0n) is 13.8. The Kier molecular flexibility index (Phi) is 4.63. The molecule has 0 heterocycles. The van der Waals surface area contributed by atoms with Gasteiger partial charge in [0.25, 0.3) is 0 Å². The molecule has 0 spiro atoms. The van der Waals surface area contributed by atoms with E-state index in [9.17, 15) is 9.90 Å². The zero-order valence-corrected chi connectivity index (χ0v) is 14.6. The van der Waals surface area contributed by atoms with Crippen LogP contribution in [0.4, 0.5) is 5.69 Å². The monoisotopic (exact) mass is 351 g/mol. The van der Waals surface area contributed by atoms with Crippen molar-refractivity contribution < 1.29 is 9.90 Å². The normalized spacial score (nSPS) is 13.7. The summed E-state index contributed by atoms with van der Waals surface area (Å²) in [6.45, 7) is 3.64. The number of nitrogens with one attached hydrogen (secondary N) is 2. The van der Waals surface area contributed by atoms with E-state index in [1.165, 1.54) is 0 Å². The van der Waals surface area contributed by atoms with Crippen LogP contribution in [0.15, 0.2) is 59.2 Å². The molecule has 0 fully saturated rings. The predicted octanol–water partition coefficient (Wildman–Crippen LogP) is 3.82. The second-order valence-electron chi connectivity index (χ2n) is 5.73. The first-order valence-electron chi connectivity index (χ1n) is 7.73. The number of aliphatic hydroxyl groups excluding tert-OH is 1. The first kappa shape index (κ1) is 16.9. The van der Waals surface area contributed by atoms with Gasteiger partial charge in [0, 0.05) is 16.8 Å². The number of ketones is 1. The number of anilines is 1. The number of aryl methyl sites for hydroxylation is 1. The number of benzene rings is 2. The van der Waals surface area contributed by atoms with E-state index in [4.69, 9.17) is 12.2 Å². The predicted molar refractivity (Wildman–Crippen MR) is 104 cm³/mol. The van der Waals surface area contributed by atoms with Crippen LogP contribution < -0.4 is 10.7 Å². The second-order valence-corrected chi connectivity index (χ2v) is 6.14. The van der Waals surface area contributed by atoms with Crippen molar-refractivity contribution >= 4 is 40.3 Å². The first-order valence-corrected chi connectivity index (χ1v) is 8.14. The number of rotatable bonds is 3. The number of allylic oxidation sites excluding steroid dienone is 1. The first-order chi connectivity index (χ1) is 12.0. The highest BCUT2D eigenvalue weighted by Crippen LogP contribution is 2.31. The van der Waals surface area contributed by atoms with Gasteiger partial charge in [0.05, 0.1) is 11.3 Å². The fourth-order valence-corrected chi connectivity index (χ4v) is 2.84. The van der Waals surface area contributed by atoms with Gasteiger partial charge < -0.3 is 10.4 Å². The van der Waals surface area contributed by atoms with E-state index in [0.717, 1.165) is 11.3 Å². The minimum Gasteiger partial charge on any atom is -0.506 e. The molecule has 6 heteroatoms. The Balaban J connectivity index is 1.73. The fourth-order valence-electron chi connectivity index (χ4n) is 2.67. The van der Waals surface area contributed by atoms with E-state index < -0.39 is 0 Å². The molecule has 2 aromatic rings. The Hall–Kier alpha value is -2.99. The topological polar surface area (TPSA) is 73.7 Å². The van der Waals surface area contributed by atoms with Crippen molar-refractivity contribution in [1.82, 2.24) is 5.43 Å². The quantitative estimate of drug-likeness (QED) is 0.445. The molecule has 126 valence electrons. The molecule has 0 saturated heterocycles. The molecule has 1 aliphatic carbocycles. The van der Waals surface area contributed by atoms with E-state index in [-0.39, 0.29) is 17.1 Å². The van der Waals surface area contributed by atoms with Gasteiger partial charge in [0.2, 0.25) is 0 Å². The van der Waals surface area contributed by atoms with Crippen molar-refractivity contribution in [1.29, 1.82) is 0 Å². The van der Waals surface area contributed by atoms with E-state index in [2.05, 4.69) is 15.8 Å². The number of fused-ring (bicyclic) bond motifs is 1. The number of Topliss-reactive ketones (excluding diaryl/α,β-unsaturated/α-hetero) is 1. The third-order valence-corrected chi connectivity index (χ3v) is 4.05. The molecule has 0 bridgehead atoms. The van der Waals surface area contributed by atoms with Crippen LogP contribution in [-0.2, 0) is 0 Å². The molecule has 0 saturated carbocycles. The van der Waals surface area contributed by atoms with Crippen molar-refractivity contribution in [2.45, 2.75) is 13.8 Å². The Morgan fingerprint density at radius 3 is 2.52 bits per heavy atom. The van der Waals surface area contributed by atoms with Gasteiger partial charge in [-0.3, -0.25) is 10.2 Å². The van der Waals surface area contributed by atoms with Gasteiger partial charge in [-0.15, -0.1) is 0 Å². The van der Waals surface area contributed by atoms with Gasteiger partial charge >= 0.3 is 0 Å². The average Bonchev–Trinajstić information content (AvgIpc) is 2.84. The summed E-state index contributed by atoms with van der Waals surface area (Å²) in [6.07, 6.45) is 0. The summed E-state index contributed by atoms with van der Waals surface area (Å²) in [6, 6.07) is 14.7. The zero-order chi connectivity index (χ0) is 18.0. The van der Waals surface area contributed by atoms with Crippen LogP contribution in [0.3, 0.4) is 0 Å². The van der Waals surface area contributed by atoms with E-state index in [1.54, 1.807) is 31.2 Å². The standard InChI is InChI=1S/C19H17N3O2S/c1-11-6-5-7-13(10-11)20-19(25)22-21-12(2)16-17(23)14-8-3-4-9-15(14)18(16)24/h3-10,23H,1-2H3,(H2,20,22,25)/b21-12+. The van der Waals surface area contributed by atoms with Crippen LogP contribution in [-0.4, -0.2) is 21.7 Å². The molecular formula is C19H17N3O2S. The maximum absolute atomic E-state index is 12.4. The highest BCUT2D eigenvalue weighted by Gasteiger charge is 2.30. The number of nitrogens with zero attached hydrogens (tertiary/aromatic N) is 1. The van der Waals surface area contributed by atoms with E-state index in [1.807, 2.05) is 31.2 Å². The smallest absolute Gasteiger partial charge is 0.199 e. The number of hydrazone groups is 1. The summed E-state index contributed by atoms with van der Waals surface area (Å²) in [4.78, 5) is 12.4. The average molecular weight is 351 g/mol. The van der Waals surface area contributed by atoms with Gasteiger partial charge in [0.1, 0.15) is 5.76 Å². The molecule has 0 unspecified atom stereocenters. The Morgan fingerprint density at radius 2 is 1.84 bits per heavy atom. The second kappa shape index (κ2) is 6.86. The molecule has 3 N–H and O–H groups in total. The number of hydrogen-bond donors (Lipinski definition) is 3. The van der Waals surface area contributed by atoms with E-state index in [0.29, 0.717) is 22.0 Å². The maximum Gasteiger partial charge on any atom is 0.199 e. The van der Waals surface area contributed by atoms with Crippen molar-refractivity contribution in [3.05, 3.63) is 70.8 Å². The largest absolute Gasteiger partial charge is 0.506 e. The van der Waals surface area contributed by atoms with Crippen molar-refractivity contribution in [2.24, 2.45) is 5.10 Å². The summed E-state index contributed by atoms with van der Waals surface area (Å²) in [7, 11) is 0. The van der Waals surface area contributed by atoms with Crippen LogP contribution >= 0.6 is 12.2 Å². The van der Waals surface area contributed by atoms with Crippen molar-refractivity contribution in [3.63, 3.8) is 0 Å². The summed E-state index contributed by atoms with van der Waals surface area (Å²) in [5.74, 6) is -0.296. The molecule has 2 aromatic carbocycles. The summed E-state index contributed by atoms with van der Waals surface area (Å²) in [5.41, 5.74) is 6.22. The van der Waals surface area contributed by atoms with Crippen molar-refractivity contribution in [3.8, 4) is 0 Å². The Bertz CT molecular complexity index is 932. The number of carbonyl (C=O) groups excluding carboxylic acids is 1. The SMILES string of the molecule is C/C(=N\NC(=S)Nc1cccc(C)c1)C1=C(O)c2ccccc2C1=O. The van der Waals surface area contributed by atoms with Gasteiger partial charge in [0.15, 0.2) is 10.9 Å². The third-order valence-electron chi connectivity index (χ3n) is 3.85. The number of carbonyl (C=O) groups is 1. The lowest BCUT2D eigenvalue weighted by molar-refractivity contribution is 0.104. The van der Waals surface area contributed by atoms with Crippen LogP contribution in [0.1, 0.15) is 28.4 Å². The molecule has 0 radical (unpaired) electrons. The van der Waals surface area contributed by atoms with Crippen molar-refractivity contribution in [2.75, 3.05) is 5.32 Å². The highest BCUT2D eigenvalue weighted by atomic mass is 32.1. The molecule has 0 amide bonds. The summed E-state index contributed by atoms with van der Waals surface area (Å²) < 4.78 is 0. The van der Waals surface area contributed by atoms with Crippen LogP contribution in [0.2, 0.25) is 0 Å². The third kappa shape index (κ3) is 3.44. The molecule has 1 aliphatic rings. The summed E-state index contributed by atoms with van der Waals surface area (Å²) in [5, 5.41) is 17.8. The van der Waals surface area contributed by atoms with Crippen LogP contribution in [0.25, 0.3) is 5.76 Å². The van der Waals surface area contributed by atoms with Crippen LogP contribution in [0.5, 0.6) is 0 Å². The Morgan fingerprint density at radius 1 is 1.12 bits per heavy atom. The number of aliphatic hydroxyl groups is 1. The summed E-state index contributed by atoms with van der Waals surface area (Å²) >= 11 is 5.21. The molecule has 0 aliphatic heterocycles. The van der Waals surface area contributed by atoms with Gasteiger partial charge in [-0.2, -0.15) is 5.10 Å².